The molecule has 4 heterocycles. The van der Waals surface area contributed by atoms with Crippen molar-refractivity contribution in [3.63, 3.8) is 0 Å². The van der Waals surface area contributed by atoms with E-state index in [0.717, 1.165) is 5.69 Å². The summed E-state index contributed by atoms with van der Waals surface area (Å²) < 4.78 is 34.7. The van der Waals surface area contributed by atoms with Gasteiger partial charge in [0.25, 0.3) is 6.43 Å². The molecular weight excluding hydrogens is 430 g/mol. The van der Waals surface area contributed by atoms with Crippen LogP contribution in [0.3, 0.4) is 0 Å². The highest BCUT2D eigenvalue weighted by atomic mass is 19.3. The number of imidazole rings is 1. The number of halogens is 2. The lowest BCUT2D eigenvalue weighted by molar-refractivity contribution is 0.122. The molecule has 0 spiro atoms. The highest BCUT2D eigenvalue weighted by Crippen LogP contribution is 2.29. The van der Waals surface area contributed by atoms with Gasteiger partial charge in [-0.2, -0.15) is 9.97 Å². The molecule has 0 radical (unpaired) electrons. The van der Waals surface area contributed by atoms with Crippen LogP contribution >= 0.6 is 0 Å². The zero-order valence-corrected chi connectivity index (χ0v) is 17.9. The van der Waals surface area contributed by atoms with Gasteiger partial charge in [-0.1, -0.05) is 12.1 Å². The SMILES string of the molecule is Cc1cnc(CNc2nc(N3CCOCC3)cc(-n3c(C(F)F)nc4ccccc43)n2)cn1. The maximum absolute atomic E-state index is 13.9. The second kappa shape index (κ2) is 9.02. The standard InChI is InChI=1S/C22H22F2N8O/c1-14-11-26-15(12-25-14)13-27-22-29-18(31-6-8-33-9-7-31)10-19(30-22)32-17-5-3-2-4-16(17)28-21(32)20(23)24/h2-5,10-12,20H,6-9,13H2,1H3,(H,27,29,30). The Morgan fingerprint density at radius 3 is 2.58 bits per heavy atom. The van der Waals surface area contributed by atoms with Crippen molar-refractivity contribution in [2.24, 2.45) is 0 Å². The topological polar surface area (TPSA) is 93.9 Å². The molecule has 5 rings (SSSR count). The lowest BCUT2D eigenvalue weighted by Gasteiger charge is -2.28. The van der Waals surface area contributed by atoms with Gasteiger partial charge in [0.05, 0.1) is 48.4 Å². The smallest absolute Gasteiger partial charge is 0.296 e. The Balaban J connectivity index is 1.58. The average molecular weight is 452 g/mol. The van der Waals surface area contributed by atoms with Crippen molar-refractivity contribution in [3.8, 4) is 5.82 Å². The first-order chi connectivity index (χ1) is 16.1. The number of nitrogens with one attached hydrogen (secondary N) is 1. The Hall–Kier alpha value is -3.73. The quantitative estimate of drug-likeness (QED) is 0.476. The molecule has 1 saturated heterocycles. The van der Waals surface area contributed by atoms with Crippen LogP contribution < -0.4 is 10.2 Å². The third-order valence-corrected chi connectivity index (χ3v) is 5.31. The molecule has 1 fully saturated rings. The molecular formula is C22H22F2N8O. The summed E-state index contributed by atoms with van der Waals surface area (Å²) in [6.45, 7) is 4.62. The first-order valence-electron chi connectivity index (χ1n) is 10.6. The van der Waals surface area contributed by atoms with Crippen molar-refractivity contribution in [3.05, 3.63) is 59.9 Å². The minimum atomic E-state index is -2.77. The number of ether oxygens (including phenoxy) is 1. The van der Waals surface area contributed by atoms with E-state index >= 15 is 0 Å². The monoisotopic (exact) mass is 452 g/mol. The number of benzene rings is 1. The van der Waals surface area contributed by atoms with Gasteiger partial charge in [0.15, 0.2) is 5.82 Å². The number of aryl methyl sites for hydroxylation is 1. The Morgan fingerprint density at radius 1 is 1.03 bits per heavy atom. The lowest BCUT2D eigenvalue weighted by Crippen LogP contribution is -2.37. The molecule has 0 unspecified atom stereocenters. The van der Waals surface area contributed by atoms with Gasteiger partial charge in [-0.05, 0) is 19.1 Å². The molecule has 1 aliphatic rings. The molecule has 1 aromatic carbocycles. The molecule has 1 aliphatic heterocycles. The van der Waals surface area contributed by atoms with Crippen LogP contribution in [0.25, 0.3) is 16.9 Å². The van der Waals surface area contributed by atoms with Crippen molar-refractivity contribution in [1.82, 2.24) is 29.5 Å². The third-order valence-electron chi connectivity index (χ3n) is 5.31. The molecule has 11 heteroatoms. The van der Waals surface area contributed by atoms with Crippen LogP contribution in [0, 0.1) is 6.92 Å². The summed E-state index contributed by atoms with van der Waals surface area (Å²) in [4.78, 5) is 24.0. The highest BCUT2D eigenvalue weighted by molar-refractivity contribution is 5.78. The summed E-state index contributed by atoms with van der Waals surface area (Å²) >= 11 is 0. The first-order valence-corrected chi connectivity index (χ1v) is 10.6. The van der Waals surface area contributed by atoms with Crippen molar-refractivity contribution in [1.29, 1.82) is 0 Å². The molecule has 0 saturated carbocycles. The van der Waals surface area contributed by atoms with Crippen LogP contribution in [0.2, 0.25) is 0 Å². The van der Waals surface area contributed by atoms with Crippen molar-refractivity contribution < 1.29 is 13.5 Å². The van der Waals surface area contributed by atoms with E-state index in [2.05, 4.69) is 30.2 Å². The van der Waals surface area contributed by atoms with Crippen LogP contribution in [-0.2, 0) is 11.3 Å². The molecule has 0 atom stereocenters. The van der Waals surface area contributed by atoms with Crippen LogP contribution in [-0.4, -0.2) is 55.8 Å². The van der Waals surface area contributed by atoms with Crippen LogP contribution in [0.1, 0.15) is 23.6 Å². The van der Waals surface area contributed by atoms with E-state index in [4.69, 9.17) is 4.74 Å². The molecule has 3 aromatic heterocycles. The number of hydrogen-bond donors (Lipinski definition) is 1. The van der Waals surface area contributed by atoms with Crippen molar-refractivity contribution in [2.75, 3.05) is 36.5 Å². The summed E-state index contributed by atoms with van der Waals surface area (Å²) in [6, 6.07) is 8.72. The zero-order chi connectivity index (χ0) is 22.8. The van der Waals surface area contributed by atoms with Gasteiger partial charge in [-0.3, -0.25) is 14.5 Å². The Bertz CT molecular complexity index is 1260. The molecule has 0 bridgehead atoms. The van der Waals surface area contributed by atoms with Gasteiger partial charge >= 0.3 is 0 Å². The van der Waals surface area contributed by atoms with E-state index in [9.17, 15) is 8.78 Å². The van der Waals surface area contributed by atoms with E-state index < -0.39 is 6.43 Å². The second-order valence-electron chi connectivity index (χ2n) is 7.60. The maximum atomic E-state index is 13.9. The molecule has 33 heavy (non-hydrogen) atoms. The lowest BCUT2D eigenvalue weighted by atomic mass is 10.3. The largest absolute Gasteiger partial charge is 0.378 e. The Kier molecular flexibility index (Phi) is 5.78. The number of alkyl halides is 2. The van der Waals surface area contributed by atoms with Crippen molar-refractivity contribution >= 4 is 22.8 Å². The maximum Gasteiger partial charge on any atom is 0.296 e. The molecule has 9 nitrogen and oxygen atoms in total. The highest BCUT2D eigenvalue weighted by Gasteiger charge is 2.23. The van der Waals surface area contributed by atoms with Gasteiger partial charge in [-0.15, -0.1) is 0 Å². The van der Waals surface area contributed by atoms with Crippen LogP contribution in [0.4, 0.5) is 20.5 Å². The number of nitrogens with zero attached hydrogens (tertiary/aromatic N) is 7. The minimum Gasteiger partial charge on any atom is -0.378 e. The van der Waals surface area contributed by atoms with Crippen LogP contribution in [0.5, 0.6) is 0 Å². The van der Waals surface area contributed by atoms with E-state index in [0.29, 0.717) is 67.2 Å². The number of hydrogen-bond acceptors (Lipinski definition) is 8. The van der Waals surface area contributed by atoms with Gasteiger partial charge < -0.3 is 15.0 Å². The molecule has 4 aromatic rings. The van der Waals surface area contributed by atoms with E-state index in [1.165, 1.54) is 4.57 Å². The molecule has 170 valence electrons. The normalized spacial score (nSPS) is 14.2. The average Bonchev–Trinajstić information content (AvgIpc) is 3.24. The van der Waals surface area contributed by atoms with E-state index in [-0.39, 0.29) is 5.82 Å². The Labute approximate surface area is 188 Å². The van der Waals surface area contributed by atoms with E-state index in [1.54, 1.807) is 42.7 Å². The van der Waals surface area contributed by atoms with Gasteiger partial charge in [0, 0.05) is 25.4 Å². The second-order valence-corrected chi connectivity index (χ2v) is 7.60. The number of fused-ring (bicyclic) bond motifs is 1. The summed E-state index contributed by atoms with van der Waals surface area (Å²) in [5, 5.41) is 3.16. The third kappa shape index (κ3) is 4.44. The van der Waals surface area contributed by atoms with E-state index in [1.807, 2.05) is 11.8 Å². The number of aromatic nitrogens is 6. The van der Waals surface area contributed by atoms with Crippen molar-refractivity contribution in [2.45, 2.75) is 19.9 Å². The van der Waals surface area contributed by atoms with Gasteiger partial charge in [0.2, 0.25) is 5.95 Å². The van der Waals surface area contributed by atoms with Gasteiger partial charge in [-0.25, -0.2) is 13.8 Å². The predicted octanol–water partition coefficient (Wildman–Crippen LogP) is 3.30. The fourth-order valence-electron chi connectivity index (χ4n) is 3.68. The van der Waals surface area contributed by atoms with Gasteiger partial charge in [0.1, 0.15) is 11.6 Å². The number of rotatable bonds is 6. The fourth-order valence-corrected chi connectivity index (χ4v) is 3.68. The zero-order valence-electron chi connectivity index (χ0n) is 17.9. The summed E-state index contributed by atoms with van der Waals surface area (Å²) in [5.41, 5.74) is 2.56. The predicted molar refractivity (Wildman–Crippen MR) is 119 cm³/mol. The van der Waals surface area contributed by atoms with Crippen LogP contribution in [0.15, 0.2) is 42.7 Å². The summed E-state index contributed by atoms with van der Waals surface area (Å²) in [7, 11) is 0. The molecule has 1 N–H and O–H groups in total. The number of morpholine rings is 1. The first kappa shape index (κ1) is 21.1. The minimum absolute atomic E-state index is 0.300. The number of anilines is 2. The Morgan fingerprint density at radius 2 is 1.82 bits per heavy atom. The molecule has 0 amide bonds. The number of para-hydroxylation sites is 2. The summed E-state index contributed by atoms with van der Waals surface area (Å²) in [5.74, 6) is 0.874. The fraction of sp³-hybridized carbons (Fsp3) is 0.318. The summed E-state index contributed by atoms with van der Waals surface area (Å²) in [6.07, 6.45) is 0.589. The molecule has 0 aliphatic carbocycles.